The van der Waals surface area contributed by atoms with E-state index in [2.05, 4.69) is 19.2 Å². The molecule has 126 valence electrons. The molecule has 2 heteroatoms. The molecule has 0 radical (unpaired) electrons. The fourth-order valence-corrected chi connectivity index (χ4v) is 3.45. The summed E-state index contributed by atoms with van der Waals surface area (Å²) in [7, 11) is 0. The molecular weight excluding hydrogens is 258 g/mol. The molecule has 1 aliphatic heterocycles. The second kappa shape index (κ2) is 13.6. The molecule has 2 nitrogen and oxygen atoms in total. The van der Waals surface area contributed by atoms with Crippen molar-refractivity contribution in [1.82, 2.24) is 5.32 Å². The first-order valence-electron chi connectivity index (χ1n) is 9.71. The van der Waals surface area contributed by atoms with E-state index in [0.29, 0.717) is 6.10 Å². The number of ether oxygens (including phenoxy) is 1. The van der Waals surface area contributed by atoms with Crippen molar-refractivity contribution in [3.8, 4) is 0 Å². The van der Waals surface area contributed by atoms with E-state index in [1.165, 1.54) is 83.5 Å². The molecule has 1 N–H and O–H groups in total. The van der Waals surface area contributed by atoms with Crippen molar-refractivity contribution < 1.29 is 4.74 Å². The molecule has 0 amide bonds. The predicted molar refractivity (Wildman–Crippen MR) is 92.9 cm³/mol. The number of hydrogen-bond acceptors (Lipinski definition) is 2. The van der Waals surface area contributed by atoms with Gasteiger partial charge < -0.3 is 10.1 Å². The van der Waals surface area contributed by atoms with Gasteiger partial charge in [-0.25, -0.2) is 0 Å². The lowest BCUT2D eigenvalue weighted by Crippen LogP contribution is -2.29. The Morgan fingerprint density at radius 3 is 2.33 bits per heavy atom. The summed E-state index contributed by atoms with van der Waals surface area (Å²) in [5.41, 5.74) is 0. The molecule has 2 unspecified atom stereocenters. The fraction of sp³-hybridized carbons (Fsp3) is 1.00. The molecule has 1 rings (SSSR count). The van der Waals surface area contributed by atoms with E-state index in [1.54, 1.807) is 0 Å². The zero-order chi connectivity index (χ0) is 15.2. The minimum atomic E-state index is 0.575. The highest BCUT2D eigenvalue weighted by atomic mass is 16.5. The fourth-order valence-electron chi connectivity index (χ4n) is 3.45. The highest BCUT2D eigenvalue weighted by Gasteiger charge is 2.15. The van der Waals surface area contributed by atoms with Crippen molar-refractivity contribution in [1.29, 1.82) is 0 Å². The van der Waals surface area contributed by atoms with E-state index in [-0.39, 0.29) is 0 Å². The molecule has 1 fully saturated rings. The van der Waals surface area contributed by atoms with E-state index >= 15 is 0 Å². The summed E-state index contributed by atoms with van der Waals surface area (Å²) in [6, 6.07) is 0.743. The standard InChI is InChI=1S/C19H39NO/c1-3-5-6-7-8-9-10-13-18(20-4-2)14-11-15-19-16-12-17-21-19/h18-20H,3-17H2,1-2H3. The summed E-state index contributed by atoms with van der Waals surface area (Å²) in [5, 5.41) is 3.68. The number of nitrogens with one attached hydrogen (secondary N) is 1. The van der Waals surface area contributed by atoms with Crippen LogP contribution < -0.4 is 5.32 Å². The van der Waals surface area contributed by atoms with Gasteiger partial charge in [-0.2, -0.15) is 0 Å². The second-order valence-electron chi connectivity index (χ2n) is 6.73. The molecule has 0 saturated carbocycles. The lowest BCUT2D eigenvalue weighted by Gasteiger charge is -2.18. The van der Waals surface area contributed by atoms with Crippen LogP contribution in [0.25, 0.3) is 0 Å². The first-order valence-corrected chi connectivity index (χ1v) is 9.71. The summed E-state index contributed by atoms with van der Waals surface area (Å²) >= 11 is 0. The van der Waals surface area contributed by atoms with Crippen LogP contribution in [0, 0.1) is 0 Å². The largest absolute Gasteiger partial charge is 0.378 e. The van der Waals surface area contributed by atoms with Crippen LogP contribution in [-0.2, 0) is 4.74 Å². The van der Waals surface area contributed by atoms with E-state index in [4.69, 9.17) is 4.74 Å². The van der Waals surface area contributed by atoms with Crippen molar-refractivity contribution in [2.24, 2.45) is 0 Å². The summed E-state index contributed by atoms with van der Waals surface area (Å²) in [6.07, 6.45) is 18.4. The normalized spacial score (nSPS) is 20.0. The monoisotopic (exact) mass is 297 g/mol. The van der Waals surface area contributed by atoms with Gasteiger partial charge in [-0.3, -0.25) is 0 Å². The highest BCUT2D eigenvalue weighted by molar-refractivity contribution is 4.70. The third-order valence-corrected chi connectivity index (χ3v) is 4.75. The Kier molecular flexibility index (Phi) is 12.3. The zero-order valence-corrected chi connectivity index (χ0v) is 14.7. The van der Waals surface area contributed by atoms with Crippen molar-refractivity contribution in [2.75, 3.05) is 13.2 Å². The Morgan fingerprint density at radius 2 is 1.67 bits per heavy atom. The van der Waals surface area contributed by atoms with Crippen molar-refractivity contribution in [3.63, 3.8) is 0 Å². The zero-order valence-electron chi connectivity index (χ0n) is 14.7. The van der Waals surface area contributed by atoms with Gasteiger partial charge in [0.1, 0.15) is 0 Å². The van der Waals surface area contributed by atoms with Gasteiger partial charge in [0.25, 0.3) is 0 Å². The summed E-state index contributed by atoms with van der Waals surface area (Å²) in [4.78, 5) is 0. The third kappa shape index (κ3) is 10.3. The van der Waals surface area contributed by atoms with Crippen LogP contribution in [0.15, 0.2) is 0 Å². The number of unbranched alkanes of at least 4 members (excludes halogenated alkanes) is 6. The first-order chi connectivity index (χ1) is 10.4. The smallest absolute Gasteiger partial charge is 0.0576 e. The SMILES string of the molecule is CCCCCCCCCC(CCCC1CCCO1)NCC. The van der Waals surface area contributed by atoms with Crippen LogP contribution in [-0.4, -0.2) is 25.3 Å². The van der Waals surface area contributed by atoms with Gasteiger partial charge in [-0.15, -0.1) is 0 Å². The van der Waals surface area contributed by atoms with E-state index in [9.17, 15) is 0 Å². The van der Waals surface area contributed by atoms with Gasteiger partial charge in [-0.05, 0) is 45.1 Å². The lowest BCUT2D eigenvalue weighted by molar-refractivity contribution is 0.101. The lowest BCUT2D eigenvalue weighted by atomic mass is 9.99. The molecule has 2 atom stereocenters. The minimum Gasteiger partial charge on any atom is -0.378 e. The molecule has 0 bridgehead atoms. The molecule has 21 heavy (non-hydrogen) atoms. The third-order valence-electron chi connectivity index (χ3n) is 4.75. The Hall–Kier alpha value is -0.0800. The summed E-state index contributed by atoms with van der Waals surface area (Å²) in [6.45, 7) is 6.63. The molecule has 1 heterocycles. The van der Waals surface area contributed by atoms with Gasteiger partial charge in [0.15, 0.2) is 0 Å². The van der Waals surface area contributed by atoms with Crippen LogP contribution in [0.2, 0.25) is 0 Å². The topological polar surface area (TPSA) is 21.3 Å². The molecule has 1 aliphatic rings. The number of hydrogen-bond donors (Lipinski definition) is 1. The van der Waals surface area contributed by atoms with Gasteiger partial charge in [0.05, 0.1) is 6.10 Å². The van der Waals surface area contributed by atoms with E-state index < -0.39 is 0 Å². The maximum absolute atomic E-state index is 5.72. The van der Waals surface area contributed by atoms with Crippen molar-refractivity contribution in [2.45, 2.75) is 109 Å². The molecule has 1 saturated heterocycles. The van der Waals surface area contributed by atoms with Gasteiger partial charge in [0.2, 0.25) is 0 Å². The Bertz CT molecular complexity index is 214. The van der Waals surface area contributed by atoms with Crippen LogP contribution in [0.4, 0.5) is 0 Å². The van der Waals surface area contributed by atoms with Crippen molar-refractivity contribution >= 4 is 0 Å². The van der Waals surface area contributed by atoms with Crippen LogP contribution in [0.1, 0.15) is 97.3 Å². The van der Waals surface area contributed by atoms with Crippen LogP contribution in [0.5, 0.6) is 0 Å². The van der Waals surface area contributed by atoms with Crippen molar-refractivity contribution in [3.05, 3.63) is 0 Å². The quantitative estimate of drug-likeness (QED) is 0.430. The Balaban J connectivity index is 1.97. The van der Waals surface area contributed by atoms with E-state index in [1.807, 2.05) is 0 Å². The van der Waals surface area contributed by atoms with Gasteiger partial charge >= 0.3 is 0 Å². The molecule has 0 aromatic heterocycles. The Morgan fingerprint density at radius 1 is 0.952 bits per heavy atom. The maximum Gasteiger partial charge on any atom is 0.0576 e. The first kappa shape index (κ1) is 19.0. The number of rotatable bonds is 14. The molecule has 0 spiro atoms. The van der Waals surface area contributed by atoms with E-state index in [0.717, 1.165) is 19.2 Å². The molecular formula is C19H39NO. The van der Waals surface area contributed by atoms with Gasteiger partial charge in [-0.1, -0.05) is 58.8 Å². The summed E-state index contributed by atoms with van der Waals surface area (Å²) in [5.74, 6) is 0. The predicted octanol–water partition coefficient (Wildman–Crippen LogP) is 5.45. The average Bonchev–Trinajstić information content (AvgIpc) is 2.99. The maximum atomic E-state index is 5.72. The van der Waals surface area contributed by atoms with Crippen LogP contribution >= 0.6 is 0 Å². The average molecular weight is 298 g/mol. The highest BCUT2D eigenvalue weighted by Crippen LogP contribution is 2.19. The Labute approximate surface area is 133 Å². The molecule has 0 aromatic rings. The summed E-state index contributed by atoms with van der Waals surface area (Å²) < 4.78 is 5.72. The van der Waals surface area contributed by atoms with Crippen LogP contribution in [0.3, 0.4) is 0 Å². The molecule has 0 aromatic carbocycles. The molecule has 0 aliphatic carbocycles. The second-order valence-corrected chi connectivity index (χ2v) is 6.73. The minimum absolute atomic E-state index is 0.575. The van der Waals surface area contributed by atoms with Gasteiger partial charge in [0, 0.05) is 12.6 Å².